The van der Waals surface area contributed by atoms with Gasteiger partial charge in [0.15, 0.2) is 18.8 Å². The zero-order valence-electron chi connectivity index (χ0n) is 20.4. The monoisotopic (exact) mass is 456 g/mol. The van der Waals surface area contributed by atoms with E-state index in [9.17, 15) is 0 Å². The zero-order valence-corrected chi connectivity index (χ0v) is 20.4. The lowest BCUT2D eigenvalue weighted by Crippen LogP contribution is -2.59. The molecule has 2 aromatic carbocycles. The lowest BCUT2D eigenvalue weighted by Gasteiger charge is -2.53. The Kier molecular flexibility index (Phi) is 5.62. The standard InChI is InChI=1S/C29H34N3O2/c1-4-34-32-25-12-8-6-10-22(25)26-19(2)28(31-15-17-33-18-16-31)20(3)29(32)27(26)24-14-13-21-9-5-7-11-23(21)30-24/h5-14,19-20,26-27,29H,4,15-18H2,1-3H3/q+1. The van der Waals surface area contributed by atoms with Crippen LogP contribution in [0.2, 0.25) is 0 Å². The van der Waals surface area contributed by atoms with Crippen LogP contribution >= 0.6 is 0 Å². The highest BCUT2D eigenvalue weighted by Gasteiger charge is 2.56. The first-order valence-electron chi connectivity index (χ1n) is 12.7. The van der Waals surface area contributed by atoms with Crippen LogP contribution in [0, 0.1) is 11.8 Å². The molecule has 6 rings (SSSR count). The molecule has 3 aromatic rings. The molecule has 1 saturated heterocycles. The normalized spacial score (nSPS) is 28.8. The quantitative estimate of drug-likeness (QED) is 0.519. The van der Waals surface area contributed by atoms with Gasteiger partial charge in [0.2, 0.25) is 0 Å². The molecular formula is C29H34N3O2+. The first-order chi connectivity index (χ1) is 16.7. The van der Waals surface area contributed by atoms with Crippen LogP contribution in [0.3, 0.4) is 0 Å². The summed E-state index contributed by atoms with van der Waals surface area (Å²) >= 11 is 0. The maximum Gasteiger partial charge on any atom is 0.166 e. The van der Waals surface area contributed by atoms with Crippen LogP contribution in [-0.4, -0.2) is 54.2 Å². The van der Waals surface area contributed by atoms with E-state index in [4.69, 9.17) is 14.6 Å². The number of fused-ring (bicyclic) bond motifs is 5. The number of morpholine rings is 1. The largest absolute Gasteiger partial charge is 0.368 e. The number of hydroxylamine groups is 1. The van der Waals surface area contributed by atoms with Gasteiger partial charge in [-0.25, -0.2) is 9.64 Å². The Morgan fingerprint density at radius 3 is 2.53 bits per heavy atom. The zero-order chi connectivity index (χ0) is 23.2. The van der Waals surface area contributed by atoms with Crippen LogP contribution in [0.25, 0.3) is 10.9 Å². The Morgan fingerprint density at radius 1 is 0.941 bits per heavy atom. The minimum absolute atomic E-state index is 0.183. The van der Waals surface area contributed by atoms with Gasteiger partial charge in [-0.05, 0) is 30.7 Å². The van der Waals surface area contributed by atoms with Crippen molar-refractivity contribution < 1.29 is 14.1 Å². The molecule has 0 amide bonds. The Hall–Kier alpha value is -2.76. The first-order valence-corrected chi connectivity index (χ1v) is 12.7. The van der Waals surface area contributed by atoms with E-state index in [1.807, 2.05) is 0 Å². The molecule has 1 aliphatic carbocycles. The average molecular weight is 457 g/mol. The molecule has 5 nitrogen and oxygen atoms in total. The maximum absolute atomic E-state index is 6.42. The fourth-order valence-corrected chi connectivity index (χ4v) is 6.87. The van der Waals surface area contributed by atoms with Crippen molar-refractivity contribution in [2.45, 2.75) is 38.6 Å². The second-order valence-electron chi connectivity index (χ2n) is 9.87. The van der Waals surface area contributed by atoms with Crippen molar-refractivity contribution in [3.63, 3.8) is 0 Å². The fourth-order valence-electron chi connectivity index (χ4n) is 6.87. The second kappa shape index (κ2) is 8.79. The molecule has 3 heterocycles. The number of rotatable bonds is 3. The number of ether oxygens (including phenoxy) is 1. The number of para-hydroxylation sites is 2. The molecule has 1 aromatic heterocycles. The number of hydrogen-bond donors (Lipinski definition) is 0. The minimum Gasteiger partial charge on any atom is -0.368 e. The number of anilines is 1. The molecule has 5 atom stereocenters. The van der Waals surface area contributed by atoms with Gasteiger partial charge >= 0.3 is 0 Å². The van der Waals surface area contributed by atoms with Crippen LogP contribution in [0.5, 0.6) is 0 Å². The molecule has 0 spiro atoms. The van der Waals surface area contributed by atoms with Crippen LogP contribution in [0.1, 0.15) is 43.9 Å². The summed E-state index contributed by atoms with van der Waals surface area (Å²) in [6.45, 7) is 11.1. The van der Waals surface area contributed by atoms with Gasteiger partial charge in [0.1, 0.15) is 13.2 Å². The molecule has 5 unspecified atom stereocenters. The number of nitrogens with zero attached hydrogens (tertiary/aromatic N) is 3. The van der Waals surface area contributed by atoms with E-state index in [1.165, 1.54) is 22.3 Å². The first kappa shape index (κ1) is 21.8. The topological polar surface area (TPSA) is 37.6 Å². The fraction of sp³-hybridized carbons (Fsp3) is 0.448. The predicted molar refractivity (Wildman–Crippen MR) is 136 cm³/mol. The maximum atomic E-state index is 6.42. The molecule has 34 heavy (non-hydrogen) atoms. The Balaban J connectivity index is 1.57. The third-order valence-electron chi connectivity index (χ3n) is 8.15. The molecule has 5 heteroatoms. The van der Waals surface area contributed by atoms with Crippen molar-refractivity contribution in [3.05, 3.63) is 71.9 Å². The van der Waals surface area contributed by atoms with Crippen molar-refractivity contribution >= 4 is 22.3 Å². The third-order valence-corrected chi connectivity index (χ3v) is 8.15. The summed E-state index contributed by atoms with van der Waals surface area (Å²) in [4.78, 5) is 11.7. The third kappa shape index (κ3) is 3.37. The highest BCUT2D eigenvalue weighted by Crippen LogP contribution is 2.56. The van der Waals surface area contributed by atoms with Crippen molar-refractivity contribution in [2.75, 3.05) is 38.0 Å². The second-order valence-corrected chi connectivity index (χ2v) is 9.87. The molecule has 0 radical (unpaired) electrons. The average Bonchev–Trinajstić information content (AvgIpc) is 2.88. The van der Waals surface area contributed by atoms with Gasteiger partial charge in [-0.1, -0.05) is 56.3 Å². The minimum atomic E-state index is 0.183. The highest BCUT2D eigenvalue weighted by atomic mass is 16.7. The summed E-state index contributed by atoms with van der Waals surface area (Å²) in [5.41, 5.74) is 6.38. The number of aromatic nitrogens is 1. The van der Waals surface area contributed by atoms with E-state index in [-0.39, 0.29) is 12.0 Å². The van der Waals surface area contributed by atoms with E-state index >= 15 is 0 Å². The van der Waals surface area contributed by atoms with Crippen LogP contribution < -0.4 is 5.06 Å². The summed E-state index contributed by atoms with van der Waals surface area (Å²) in [7, 11) is 0. The Morgan fingerprint density at radius 2 is 1.71 bits per heavy atom. The van der Waals surface area contributed by atoms with Crippen LogP contribution in [-0.2, 0) is 9.57 Å². The lowest BCUT2D eigenvalue weighted by molar-refractivity contribution is -0.554. The van der Waals surface area contributed by atoms with E-state index < -0.39 is 0 Å². The van der Waals surface area contributed by atoms with E-state index in [1.54, 1.807) is 5.71 Å². The molecular weight excluding hydrogens is 422 g/mol. The van der Waals surface area contributed by atoms with Gasteiger partial charge in [-0.3, -0.25) is 9.82 Å². The van der Waals surface area contributed by atoms with Crippen molar-refractivity contribution in [3.8, 4) is 0 Å². The summed E-state index contributed by atoms with van der Waals surface area (Å²) in [6.07, 6.45) is 0. The molecule has 2 aliphatic heterocycles. The van der Waals surface area contributed by atoms with Gasteiger partial charge in [-0.15, -0.1) is 0 Å². The molecule has 2 bridgehead atoms. The van der Waals surface area contributed by atoms with Gasteiger partial charge in [-0.2, -0.15) is 0 Å². The van der Waals surface area contributed by atoms with Crippen molar-refractivity contribution in [1.82, 2.24) is 4.98 Å². The van der Waals surface area contributed by atoms with Crippen LogP contribution in [0.15, 0.2) is 60.7 Å². The van der Waals surface area contributed by atoms with E-state index in [0.29, 0.717) is 24.4 Å². The Bertz CT molecular complexity index is 1230. The molecule has 3 aliphatic rings. The number of hydrogen-bond acceptors (Lipinski definition) is 4. The van der Waals surface area contributed by atoms with Gasteiger partial charge in [0, 0.05) is 28.8 Å². The van der Waals surface area contributed by atoms with Crippen molar-refractivity contribution in [1.29, 1.82) is 0 Å². The van der Waals surface area contributed by atoms with Crippen LogP contribution in [0.4, 0.5) is 5.69 Å². The van der Waals surface area contributed by atoms with E-state index in [2.05, 4.69) is 91.1 Å². The smallest absolute Gasteiger partial charge is 0.166 e. The molecule has 176 valence electrons. The van der Waals surface area contributed by atoms with Crippen molar-refractivity contribution in [2.24, 2.45) is 11.8 Å². The highest BCUT2D eigenvalue weighted by molar-refractivity contribution is 5.89. The summed E-state index contributed by atoms with van der Waals surface area (Å²) in [5.74, 6) is 1.34. The summed E-state index contributed by atoms with van der Waals surface area (Å²) < 4.78 is 8.30. The summed E-state index contributed by atoms with van der Waals surface area (Å²) in [6, 6.07) is 22.0. The van der Waals surface area contributed by atoms with Gasteiger partial charge in [0.25, 0.3) is 0 Å². The number of pyridine rings is 1. The van der Waals surface area contributed by atoms with E-state index in [0.717, 1.165) is 31.8 Å². The van der Waals surface area contributed by atoms with Gasteiger partial charge < -0.3 is 4.74 Å². The predicted octanol–water partition coefficient (Wildman–Crippen LogP) is 5.01. The summed E-state index contributed by atoms with van der Waals surface area (Å²) in [5, 5.41) is 3.42. The molecule has 2 fully saturated rings. The molecule has 1 saturated carbocycles. The molecule has 0 N–H and O–H groups in total. The lowest BCUT2D eigenvalue weighted by atomic mass is 9.59. The van der Waals surface area contributed by atoms with Gasteiger partial charge in [0.05, 0.1) is 29.8 Å². The number of benzene rings is 2. The SMILES string of the molecule is CCON1c2ccccc2C2C(C)C(=[N+]3CCOCC3)C(C)C1C2c1ccc2ccccc2n1. The Labute approximate surface area is 202 Å².